The molecule has 7 heteroatoms. The maximum atomic E-state index is 13.4. The van der Waals surface area contributed by atoms with Crippen molar-refractivity contribution in [1.29, 1.82) is 0 Å². The fourth-order valence-electron chi connectivity index (χ4n) is 1.33. The van der Waals surface area contributed by atoms with E-state index in [-0.39, 0.29) is 17.3 Å². The zero-order valence-corrected chi connectivity index (χ0v) is 11.3. The van der Waals surface area contributed by atoms with Gasteiger partial charge in [-0.05, 0) is 34.1 Å². The standard InChI is InChI=1S/C11H7BrClF2N3/c12-9-10(13)17-5-18-11(9)16-4-6-3-7(14)1-2-8(6)15/h1-3,5H,4H2,(H,16,17,18). The van der Waals surface area contributed by atoms with E-state index in [4.69, 9.17) is 11.6 Å². The zero-order valence-electron chi connectivity index (χ0n) is 8.92. The second kappa shape index (κ2) is 5.58. The van der Waals surface area contributed by atoms with Crippen LogP contribution in [0.1, 0.15) is 5.56 Å². The molecule has 1 heterocycles. The first-order valence-corrected chi connectivity index (χ1v) is 6.09. The second-order valence-corrected chi connectivity index (χ2v) is 4.57. The second-order valence-electron chi connectivity index (χ2n) is 3.42. The van der Waals surface area contributed by atoms with Gasteiger partial charge >= 0.3 is 0 Å². The van der Waals surface area contributed by atoms with Crippen molar-refractivity contribution >= 4 is 33.3 Å². The minimum atomic E-state index is -0.493. The number of nitrogens with zero attached hydrogens (tertiary/aromatic N) is 2. The summed E-state index contributed by atoms with van der Waals surface area (Å²) in [4.78, 5) is 7.70. The third-order valence-electron chi connectivity index (χ3n) is 2.20. The van der Waals surface area contributed by atoms with E-state index in [2.05, 4.69) is 31.2 Å². The van der Waals surface area contributed by atoms with Crippen LogP contribution in [-0.2, 0) is 6.54 Å². The van der Waals surface area contributed by atoms with Crippen LogP contribution in [-0.4, -0.2) is 9.97 Å². The zero-order chi connectivity index (χ0) is 13.1. The van der Waals surface area contributed by atoms with Crippen molar-refractivity contribution in [1.82, 2.24) is 9.97 Å². The average Bonchev–Trinajstić information content (AvgIpc) is 2.35. The Hall–Kier alpha value is -1.27. The van der Waals surface area contributed by atoms with E-state index in [0.717, 1.165) is 18.2 Å². The van der Waals surface area contributed by atoms with E-state index >= 15 is 0 Å². The molecule has 1 aromatic heterocycles. The molecule has 0 amide bonds. The smallest absolute Gasteiger partial charge is 0.148 e. The van der Waals surface area contributed by atoms with Crippen LogP contribution in [0.5, 0.6) is 0 Å². The number of hydrogen-bond donors (Lipinski definition) is 1. The highest BCUT2D eigenvalue weighted by Crippen LogP contribution is 2.26. The predicted octanol–water partition coefficient (Wildman–Crippen LogP) is 3.78. The summed E-state index contributed by atoms with van der Waals surface area (Å²) in [5.41, 5.74) is 0.205. The summed E-state index contributed by atoms with van der Waals surface area (Å²) in [6, 6.07) is 3.27. The maximum Gasteiger partial charge on any atom is 0.148 e. The summed E-state index contributed by atoms with van der Waals surface area (Å²) in [5, 5.41) is 3.09. The third-order valence-corrected chi connectivity index (χ3v) is 3.47. The van der Waals surface area contributed by atoms with Crippen molar-refractivity contribution in [3.63, 3.8) is 0 Å². The lowest BCUT2D eigenvalue weighted by Crippen LogP contribution is -2.05. The molecule has 0 saturated carbocycles. The minimum Gasteiger partial charge on any atom is -0.365 e. The summed E-state index contributed by atoms with van der Waals surface area (Å²) in [5.74, 6) is -0.563. The molecule has 2 aromatic rings. The summed E-state index contributed by atoms with van der Waals surface area (Å²) in [6.45, 7) is 0.0928. The van der Waals surface area contributed by atoms with Crippen LogP contribution in [0.3, 0.4) is 0 Å². The van der Waals surface area contributed by atoms with Gasteiger partial charge in [-0.2, -0.15) is 0 Å². The van der Waals surface area contributed by atoms with Gasteiger partial charge in [-0.15, -0.1) is 0 Å². The molecule has 0 spiro atoms. The van der Waals surface area contributed by atoms with Crippen LogP contribution >= 0.6 is 27.5 Å². The summed E-state index contributed by atoms with van der Waals surface area (Å²) in [6.07, 6.45) is 1.28. The lowest BCUT2D eigenvalue weighted by molar-refractivity contribution is 0.587. The molecule has 2 rings (SSSR count). The molecular formula is C11H7BrClF2N3. The summed E-state index contributed by atoms with van der Waals surface area (Å²) in [7, 11) is 0. The predicted molar refractivity (Wildman–Crippen MR) is 68.4 cm³/mol. The van der Waals surface area contributed by atoms with Gasteiger partial charge in [-0.25, -0.2) is 18.7 Å². The number of halogens is 4. The van der Waals surface area contributed by atoms with Crippen LogP contribution in [0.15, 0.2) is 29.0 Å². The Morgan fingerprint density at radius 1 is 1.28 bits per heavy atom. The Bertz CT molecular complexity index is 578. The molecule has 0 aliphatic heterocycles. The number of benzene rings is 1. The van der Waals surface area contributed by atoms with Crippen molar-refractivity contribution in [2.24, 2.45) is 0 Å². The van der Waals surface area contributed by atoms with Gasteiger partial charge in [0.25, 0.3) is 0 Å². The van der Waals surface area contributed by atoms with Crippen LogP contribution in [0.2, 0.25) is 5.15 Å². The molecular weight excluding hydrogens is 327 g/mol. The van der Waals surface area contributed by atoms with Crippen molar-refractivity contribution in [2.45, 2.75) is 6.54 Å². The molecule has 0 radical (unpaired) electrons. The quantitative estimate of drug-likeness (QED) is 0.868. The highest BCUT2D eigenvalue weighted by molar-refractivity contribution is 9.10. The molecule has 0 saturated heterocycles. The number of rotatable bonds is 3. The summed E-state index contributed by atoms with van der Waals surface area (Å²) < 4.78 is 26.8. The summed E-state index contributed by atoms with van der Waals surface area (Å²) >= 11 is 8.98. The monoisotopic (exact) mass is 333 g/mol. The Labute approximate surface area is 115 Å². The van der Waals surface area contributed by atoms with Crippen LogP contribution in [0.25, 0.3) is 0 Å². The van der Waals surface area contributed by atoms with Crippen molar-refractivity contribution in [2.75, 3.05) is 5.32 Å². The van der Waals surface area contributed by atoms with Gasteiger partial charge in [-0.1, -0.05) is 11.6 Å². The Balaban J connectivity index is 2.16. The number of aromatic nitrogens is 2. The topological polar surface area (TPSA) is 37.8 Å². The molecule has 1 aromatic carbocycles. The van der Waals surface area contributed by atoms with E-state index in [1.807, 2.05) is 0 Å². The Kier molecular flexibility index (Phi) is 4.08. The molecule has 0 aliphatic carbocycles. The first-order chi connectivity index (χ1) is 8.58. The van der Waals surface area contributed by atoms with Gasteiger partial charge in [0, 0.05) is 12.1 Å². The maximum absolute atomic E-state index is 13.4. The highest BCUT2D eigenvalue weighted by Gasteiger charge is 2.08. The molecule has 1 N–H and O–H groups in total. The van der Waals surface area contributed by atoms with E-state index in [1.165, 1.54) is 6.33 Å². The first-order valence-electron chi connectivity index (χ1n) is 4.91. The van der Waals surface area contributed by atoms with Crippen molar-refractivity contribution < 1.29 is 8.78 Å². The van der Waals surface area contributed by atoms with Gasteiger partial charge in [0.15, 0.2) is 0 Å². The molecule has 0 unspecified atom stereocenters. The molecule has 18 heavy (non-hydrogen) atoms. The number of hydrogen-bond acceptors (Lipinski definition) is 3. The van der Waals surface area contributed by atoms with Gasteiger partial charge in [-0.3, -0.25) is 0 Å². The van der Waals surface area contributed by atoms with E-state index < -0.39 is 11.6 Å². The van der Waals surface area contributed by atoms with Gasteiger partial charge < -0.3 is 5.32 Å². The number of nitrogens with one attached hydrogen (secondary N) is 1. The Morgan fingerprint density at radius 3 is 2.83 bits per heavy atom. The SMILES string of the molecule is Fc1ccc(F)c(CNc2ncnc(Cl)c2Br)c1. The Morgan fingerprint density at radius 2 is 2.06 bits per heavy atom. The third kappa shape index (κ3) is 2.94. The number of anilines is 1. The molecule has 0 bridgehead atoms. The van der Waals surface area contributed by atoms with Crippen LogP contribution in [0.4, 0.5) is 14.6 Å². The fraction of sp³-hybridized carbons (Fsp3) is 0.0909. The molecule has 3 nitrogen and oxygen atoms in total. The average molecular weight is 335 g/mol. The lowest BCUT2D eigenvalue weighted by atomic mass is 10.2. The van der Waals surface area contributed by atoms with Gasteiger partial charge in [0.1, 0.15) is 28.9 Å². The minimum absolute atomic E-state index is 0.0928. The molecule has 0 aliphatic rings. The largest absolute Gasteiger partial charge is 0.365 e. The highest BCUT2D eigenvalue weighted by atomic mass is 79.9. The van der Waals surface area contributed by atoms with Crippen molar-refractivity contribution in [3.05, 3.63) is 51.4 Å². The van der Waals surface area contributed by atoms with E-state index in [1.54, 1.807) is 0 Å². The van der Waals surface area contributed by atoms with Gasteiger partial charge in [0.2, 0.25) is 0 Å². The van der Waals surface area contributed by atoms with Gasteiger partial charge in [0.05, 0.1) is 4.47 Å². The van der Waals surface area contributed by atoms with Crippen LogP contribution in [0, 0.1) is 11.6 Å². The van der Waals surface area contributed by atoms with Crippen molar-refractivity contribution in [3.8, 4) is 0 Å². The van der Waals surface area contributed by atoms with E-state index in [9.17, 15) is 8.78 Å². The fourth-order valence-corrected chi connectivity index (χ4v) is 1.81. The van der Waals surface area contributed by atoms with Crippen LogP contribution < -0.4 is 5.32 Å². The molecule has 0 atom stereocenters. The lowest BCUT2D eigenvalue weighted by Gasteiger charge is -2.08. The molecule has 94 valence electrons. The van der Waals surface area contributed by atoms with E-state index in [0.29, 0.717) is 10.3 Å². The first kappa shape index (κ1) is 13.2. The molecule has 0 fully saturated rings. The normalized spacial score (nSPS) is 10.4.